The molecule has 3 aromatic rings. The second-order valence-corrected chi connectivity index (χ2v) is 7.85. The molecule has 0 saturated heterocycles. The number of nitrogens with zero attached hydrogens (tertiary/aromatic N) is 2. The standard InChI is InChI=1S/C18H16ClN3OS2/c19-15-5-3-13(4-6-15)11-24-18-22-16(12-25-18)8-17(23)21-10-14-2-1-7-20-9-14/h1-7,9,12H,8,10-11H2,(H,21,23). The summed E-state index contributed by atoms with van der Waals surface area (Å²) in [5, 5.41) is 5.56. The first-order chi connectivity index (χ1) is 12.2. The van der Waals surface area contributed by atoms with Crippen LogP contribution in [0, 0.1) is 0 Å². The van der Waals surface area contributed by atoms with Crippen LogP contribution in [0.2, 0.25) is 5.02 Å². The third kappa shape index (κ3) is 5.85. The topological polar surface area (TPSA) is 54.9 Å². The molecule has 2 heterocycles. The van der Waals surface area contributed by atoms with Crippen LogP contribution in [0.4, 0.5) is 0 Å². The molecule has 3 rings (SSSR count). The first-order valence-corrected chi connectivity index (χ1v) is 9.90. The van der Waals surface area contributed by atoms with E-state index in [2.05, 4.69) is 15.3 Å². The van der Waals surface area contributed by atoms with Gasteiger partial charge in [0.05, 0.1) is 12.1 Å². The molecule has 128 valence electrons. The zero-order valence-corrected chi connectivity index (χ0v) is 15.7. The lowest BCUT2D eigenvalue weighted by Crippen LogP contribution is -2.24. The Labute approximate surface area is 159 Å². The lowest BCUT2D eigenvalue weighted by Gasteiger charge is -2.03. The molecule has 0 unspecified atom stereocenters. The van der Waals surface area contributed by atoms with E-state index >= 15 is 0 Å². The van der Waals surface area contributed by atoms with Gasteiger partial charge >= 0.3 is 0 Å². The number of rotatable bonds is 7. The number of pyridine rings is 1. The highest BCUT2D eigenvalue weighted by Crippen LogP contribution is 2.26. The molecule has 1 N–H and O–H groups in total. The summed E-state index contributed by atoms with van der Waals surface area (Å²) in [5.74, 6) is 0.792. The fourth-order valence-electron chi connectivity index (χ4n) is 2.09. The van der Waals surface area contributed by atoms with E-state index in [-0.39, 0.29) is 12.3 Å². The Bertz CT molecular complexity index is 822. The molecule has 0 atom stereocenters. The van der Waals surface area contributed by atoms with Gasteiger partial charge < -0.3 is 5.32 Å². The molecule has 2 aromatic heterocycles. The van der Waals surface area contributed by atoms with Gasteiger partial charge in [0.2, 0.25) is 5.91 Å². The van der Waals surface area contributed by atoms with Crippen molar-refractivity contribution in [3.05, 3.63) is 76.0 Å². The van der Waals surface area contributed by atoms with Crippen LogP contribution < -0.4 is 5.32 Å². The van der Waals surface area contributed by atoms with Crippen LogP contribution in [-0.4, -0.2) is 15.9 Å². The van der Waals surface area contributed by atoms with Crippen LogP contribution in [0.15, 0.2) is 58.5 Å². The van der Waals surface area contributed by atoms with Crippen molar-refractivity contribution in [1.29, 1.82) is 0 Å². The minimum atomic E-state index is -0.0385. The Morgan fingerprint density at radius 1 is 1.20 bits per heavy atom. The van der Waals surface area contributed by atoms with Gasteiger partial charge in [-0.2, -0.15) is 0 Å². The van der Waals surface area contributed by atoms with Crippen molar-refractivity contribution >= 4 is 40.6 Å². The molecule has 0 saturated carbocycles. The molecule has 0 bridgehead atoms. The van der Waals surface area contributed by atoms with Crippen molar-refractivity contribution in [1.82, 2.24) is 15.3 Å². The van der Waals surface area contributed by atoms with Crippen LogP contribution >= 0.6 is 34.7 Å². The van der Waals surface area contributed by atoms with Crippen molar-refractivity contribution in [3.8, 4) is 0 Å². The second-order valence-electron chi connectivity index (χ2n) is 5.33. The zero-order chi connectivity index (χ0) is 17.5. The first kappa shape index (κ1) is 17.9. The lowest BCUT2D eigenvalue weighted by atomic mass is 10.2. The molecular formula is C18H16ClN3OS2. The van der Waals surface area contributed by atoms with Crippen LogP contribution in [0.5, 0.6) is 0 Å². The molecule has 1 amide bonds. The van der Waals surface area contributed by atoms with Gasteiger partial charge in [-0.3, -0.25) is 9.78 Å². The number of amides is 1. The normalized spacial score (nSPS) is 10.6. The van der Waals surface area contributed by atoms with E-state index in [9.17, 15) is 4.79 Å². The van der Waals surface area contributed by atoms with Crippen molar-refractivity contribution in [3.63, 3.8) is 0 Å². The lowest BCUT2D eigenvalue weighted by molar-refractivity contribution is -0.120. The third-order valence-electron chi connectivity index (χ3n) is 3.36. The number of aromatic nitrogens is 2. The van der Waals surface area contributed by atoms with Crippen molar-refractivity contribution < 1.29 is 4.79 Å². The van der Waals surface area contributed by atoms with Gasteiger partial charge in [0.15, 0.2) is 0 Å². The van der Waals surface area contributed by atoms with E-state index in [1.807, 2.05) is 41.8 Å². The molecular weight excluding hydrogens is 374 g/mol. The summed E-state index contributed by atoms with van der Waals surface area (Å²) in [7, 11) is 0. The maximum Gasteiger partial charge on any atom is 0.226 e. The fraction of sp³-hybridized carbons (Fsp3) is 0.167. The highest BCUT2D eigenvalue weighted by Gasteiger charge is 2.08. The Balaban J connectivity index is 1.46. The number of hydrogen-bond donors (Lipinski definition) is 1. The van der Waals surface area contributed by atoms with E-state index in [0.717, 1.165) is 26.4 Å². The summed E-state index contributed by atoms with van der Waals surface area (Å²) >= 11 is 9.11. The molecule has 1 aromatic carbocycles. The number of carbonyl (C=O) groups excluding carboxylic acids is 1. The Hall–Kier alpha value is -1.89. The summed E-state index contributed by atoms with van der Waals surface area (Å²) in [5.41, 5.74) is 2.97. The van der Waals surface area contributed by atoms with Crippen molar-refractivity contribution in [2.24, 2.45) is 0 Å². The molecule has 4 nitrogen and oxygen atoms in total. The molecule has 0 spiro atoms. The van der Waals surface area contributed by atoms with E-state index in [4.69, 9.17) is 11.6 Å². The highest BCUT2D eigenvalue weighted by atomic mass is 35.5. The first-order valence-electron chi connectivity index (χ1n) is 7.66. The predicted molar refractivity (Wildman–Crippen MR) is 103 cm³/mol. The van der Waals surface area contributed by atoms with E-state index in [0.29, 0.717) is 6.54 Å². The van der Waals surface area contributed by atoms with E-state index in [1.165, 1.54) is 5.56 Å². The minimum Gasteiger partial charge on any atom is -0.352 e. The van der Waals surface area contributed by atoms with Gasteiger partial charge in [-0.1, -0.05) is 41.6 Å². The minimum absolute atomic E-state index is 0.0385. The number of thiazole rings is 1. The third-order valence-corrected chi connectivity index (χ3v) is 5.75. The summed E-state index contributed by atoms with van der Waals surface area (Å²) < 4.78 is 0.963. The fourth-order valence-corrected chi connectivity index (χ4v) is 4.02. The number of hydrogen-bond acceptors (Lipinski definition) is 5. The maximum absolute atomic E-state index is 12.0. The van der Waals surface area contributed by atoms with E-state index in [1.54, 1.807) is 35.5 Å². The molecule has 7 heteroatoms. The second kappa shape index (κ2) is 8.99. The Morgan fingerprint density at radius 3 is 2.80 bits per heavy atom. The molecule has 0 aliphatic heterocycles. The van der Waals surface area contributed by atoms with Crippen LogP contribution in [0.1, 0.15) is 16.8 Å². The predicted octanol–water partition coefficient (Wildman–Crippen LogP) is 4.34. The average Bonchev–Trinajstić information content (AvgIpc) is 3.08. The molecule has 0 radical (unpaired) electrons. The quantitative estimate of drug-likeness (QED) is 0.610. The van der Waals surface area contributed by atoms with Crippen molar-refractivity contribution in [2.45, 2.75) is 23.1 Å². The number of nitrogens with one attached hydrogen (secondary N) is 1. The van der Waals surface area contributed by atoms with Crippen LogP contribution in [0.25, 0.3) is 0 Å². The largest absolute Gasteiger partial charge is 0.352 e. The van der Waals surface area contributed by atoms with Gasteiger partial charge in [-0.25, -0.2) is 4.98 Å². The number of carbonyl (C=O) groups is 1. The SMILES string of the molecule is O=C(Cc1csc(SCc2ccc(Cl)cc2)n1)NCc1cccnc1. The number of halogens is 1. The van der Waals surface area contributed by atoms with Gasteiger partial charge in [0.1, 0.15) is 4.34 Å². The monoisotopic (exact) mass is 389 g/mol. The van der Waals surface area contributed by atoms with Crippen LogP contribution in [0.3, 0.4) is 0 Å². The van der Waals surface area contributed by atoms with Crippen molar-refractivity contribution in [2.75, 3.05) is 0 Å². The number of thioether (sulfide) groups is 1. The number of benzene rings is 1. The summed E-state index contributed by atoms with van der Waals surface area (Å²) in [6.07, 6.45) is 3.75. The summed E-state index contributed by atoms with van der Waals surface area (Å²) in [4.78, 5) is 20.6. The van der Waals surface area contributed by atoms with Gasteiger partial charge in [-0.05, 0) is 29.3 Å². The van der Waals surface area contributed by atoms with Crippen LogP contribution in [-0.2, 0) is 23.5 Å². The highest BCUT2D eigenvalue weighted by molar-refractivity contribution is 8.00. The smallest absolute Gasteiger partial charge is 0.226 e. The summed E-state index contributed by atoms with van der Waals surface area (Å²) in [6.45, 7) is 0.481. The zero-order valence-electron chi connectivity index (χ0n) is 13.3. The molecule has 0 aliphatic carbocycles. The Morgan fingerprint density at radius 2 is 2.04 bits per heavy atom. The summed E-state index contributed by atoms with van der Waals surface area (Å²) in [6, 6.07) is 11.6. The maximum atomic E-state index is 12.0. The average molecular weight is 390 g/mol. The molecule has 0 aliphatic rings. The van der Waals surface area contributed by atoms with Gasteiger partial charge in [0, 0.05) is 35.1 Å². The molecule has 25 heavy (non-hydrogen) atoms. The molecule has 0 fully saturated rings. The van der Waals surface area contributed by atoms with Gasteiger partial charge in [0.25, 0.3) is 0 Å². The Kier molecular flexibility index (Phi) is 6.44. The van der Waals surface area contributed by atoms with E-state index < -0.39 is 0 Å². The van der Waals surface area contributed by atoms with Gasteiger partial charge in [-0.15, -0.1) is 11.3 Å².